The first-order chi connectivity index (χ1) is 18.1. The quantitative estimate of drug-likeness (QED) is 0.363. The average Bonchev–Trinajstić information content (AvgIpc) is 2.89. The number of para-hydroxylation sites is 1. The lowest BCUT2D eigenvalue weighted by molar-refractivity contribution is -0.274. The molecular formula is C28H29F3N2O4S. The van der Waals surface area contributed by atoms with E-state index in [1.165, 1.54) is 24.3 Å². The second kappa shape index (κ2) is 11.5. The minimum Gasteiger partial charge on any atom is -0.405 e. The van der Waals surface area contributed by atoms with Gasteiger partial charge in [-0.05, 0) is 55.2 Å². The van der Waals surface area contributed by atoms with Gasteiger partial charge in [-0.25, -0.2) is 8.42 Å². The van der Waals surface area contributed by atoms with Crippen molar-refractivity contribution in [3.05, 3.63) is 72.3 Å². The number of hydrogen-bond donors (Lipinski definition) is 1. The highest BCUT2D eigenvalue weighted by Crippen LogP contribution is 2.40. The number of alkyl halides is 3. The van der Waals surface area contributed by atoms with Crippen molar-refractivity contribution in [2.75, 3.05) is 29.1 Å². The summed E-state index contributed by atoms with van der Waals surface area (Å²) in [5.74, 6) is -0.590. The predicted molar refractivity (Wildman–Crippen MR) is 141 cm³/mol. The fourth-order valence-corrected chi connectivity index (χ4v) is 5.39. The van der Waals surface area contributed by atoms with E-state index in [9.17, 15) is 26.4 Å². The van der Waals surface area contributed by atoms with Gasteiger partial charge in [-0.15, -0.1) is 13.2 Å². The number of anilines is 2. The Morgan fingerprint density at radius 1 is 0.947 bits per heavy atom. The molecule has 10 heteroatoms. The van der Waals surface area contributed by atoms with Crippen LogP contribution in [0.4, 0.5) is 24.5 Å². The number of benzene rings is 3. The van der Waals surface area contributed by atoms with Gasteiger partial charge in [0.25, 0.3) is 0 Å². The molecule has 1 aliphatic heterocycles. The van der Waals surface area contributed by atoms with Crippen LogP contribution in [-0.4, -0.2) is 39.5 Å². The molecular weight excluding hydrogens is 517 g/mol. The molecule has 4 rings (SSSR count). The first-order valence-electron chi connectivity index (χ1n) is 12.4. The summed E-state index contributed by atoms with van der Waals surface area (Å²) in [7, 11) is -3.32. The van der Waals surface area contributed by atoms with Gasteiger partial charge in [-0.3, -0.25) is 4.79 Å². The fourth-order valence-electron chi connectivity index (χ4n) is 4.51. The molecule has 0 bridgehead atoms. The van der Waals surface area contributed by atoms with Crippen LogP contribution in [-0.2, 0) is 21.1 Å². The summed E-state index contributed by atoms with van der Waals surface area (Å²) in [5, 5.41) is 2.86. The maximum atomic E-state index is 13.1. The van der Waals surface area contributed by atoms with Crippen LogP contribution in [0.1, 0.15) is 31.7 Å². The average molecular weight is 547 g/mol. The summed E-state index contributed by atoms with van der Waals surface area (Å²) in [6.07, 6.45) is -1.79. The van der Waals surface area contributed by atoms with Gasteiger partial charge >= 0.3 is 6.36 Å². The molecule has 3 aromatic carbocycles. The van der Waals surface area contributed by atoms with Crippen molar-refractivity contribution >= 4 is 27.1 Å². The molecule has 1 N–H and O–H groups in total. The first-order valence-corrected chi connectivity index (χ1v) is 14.1. The normalized spacial score (nSPS) is 14.3. The maximum Gasteiger partial charge on any atom is 0.573 e. The van der Waals surface area contributed by atoms with E-state index >= 15 is 0 Å². The van der Waals surface area contributed by atoms with Crippen LogP contribution in [0.2, 0.25) is 0 Å². The standard InChI is InChI=1S/C28H29F3N2O4S/c1-2-38(35,36)22-13-10-20(11-14-22)18-27(34)32-21-12-15-23(25(19-21)33-16-6-3-7-17-33)24-8-4-5-9-26(24)37-28(29,30)31/h4-5,8-15,19H,2-3,6-7,16-18H2,1H3,(H,32,34). The van der Waals surface area contributed by atoms with E-state index in [2.05, 4.69) is 15.0 Å². The van der Waals surface area contributed by atoms with E-state index in [1.807, 2.05) is 0 Å². The van der Waals surface area contributed by atoms with Crippen molar-refractivity contribution in [2.24, 2.45) is 0 Å². The van der Waals surface area contributed by atoms with Gasteiger partial charge in [0.05, 0.1) is 17.1 Å². The maximum absolute atomic E-state index is 13.1. The van der Waals surface area contributed by atoms with E-state index in [1.54, 1.807) is 49.4 Å². The Kier molecular flexibility index (Phi) is 8.30. The molecule has 1 fully saturated rings. The molecule has 202 valence electrons. The highest BCUT2D eigenvalue weighted by molar-refractivity contribution is 7.91. The van der Waals surface area contributed by atoms with Crippen LogP contribution >= 0.6 is 0 Å². The summed E-state index contributed by atoms with van der Waals surface area (Å²) < 4.78 is 67.5. The summed E-state index contributed by atoms with van der Waals surface area (Å²) in [5.41, 5.74) is 2.78. The molecule has 0 aromatic heterocycles. The Bertz CT molecular complexity index is 1380. The van der Waals surface area contributed by atoms with Gasteiger partial charge in [-0.1, -0.05) is 43.3 Å². The lowest BCUT2D eigenvalue weighted by Crippen LogP contribution is -2.30. The van der Waals surface area contributed by atoms with Crippen molar-refractivity contribution in [1.29, 1.82) is 0 Å². The van der Waals surface area contributed by atoms with E-state index < -0.39 is 16.2 Å². The molecule has 0 aliphatic carbocycles. The number of amides is 1. The molecule has 1 heterocycles. The highest BCUT2D eigenvalue weighted by atomic mass is 32.2. The SMILES string of the molecule is CCS(=O)(=O)c1ccc(CC(=O)Nc2ccc(-c3ccccc3OC(F)(F)F)c(N3CCCCC3)c2)cc1. The summed E-state index contributed by atoms with van der Waals surface area (Å²) in [6, 6.07) is 17.4. The smallest absolute Gasteiger partial charge is 0.405 e. The molecule has 0 atom stereocenters. The Balaban J connectivity index is 1.59. The topological polar surface area (TPSA) is 75.7 Å². The number of halogens is 3. The second-order valence-electron chi connectivity index (χ2n) is 9.10. The van der Waals surface area contributed by atoms with Crippen molar-refractivity contribution < 1.29 is 31.1 Å². The van der Waals surface area contributed by atoms with Crippen LogP contribution < -0.4 is 15.0 Å². The predicted octanol–water partition coefficient (Wildman–Crippen LogP) is 6.22. The Morgan fingerprint density at radius 2 is 1.63 bits per heavy atom. The molecule has 3 aromatic rings. The van der Waals surface area contributed by atoms with E-state index in [4.69, 9.17) is 0 Å². The fraction of sp³-hybridized carbons (Fsp3) is 0.321. The number of rotatable bonds is 8. The van der Waals surface area contributed by atoms with Crippen LogP contribution in [0.5, 0.6) is 5.75 Å². The number of nitrogens with one attached hydrogen (secondary N) is 1. The minimum atomic E-state index is -4.83. The first kappa shape index (κ1) is 27.5. The molecule has 0 unspecified atom stereocenters. The molecule has 0 saturated carbocycles. The number of ether oxygens (including phenoxy) is 1. The molecule has 0 spiro atoms. The summed E-state index contributed by atoms with van der Waals surface area (Å²) in [6.45, 7) is 3.07. The van der Waals surface area contributed by atoms with E-state index in [-0.39, 0.29) is 28.7 Å². The zero-order chi connectivity index (χ0) is 27.3. The second-order valence-corrected chi connectivity index (χ2v) is 11.4. The third-order valence-electron chi connectivity index (χ3n) is 6.41. The lowest BCUT2D eigenvalue weighted by Gasteiger charge is -2.31. The third kappa shape index (κ3) is 6.86. The Morgan fingerprint density at radius 3 is 2.29 bits per heavy atom. The van der Waals surface area contributed by atoms with Crippen LogP contribution in [0.3, 0.4) is 0 Å². The Hall–Kier alpha value is -3.53. The van der Waals surface area contributed by atoms with Crippen molar-refractivity contribution in [3.8, 4) is 16.9 Å². The van der Waals surface area contributed by atoms with Gasteiger partial charge in [0.15, 0.2) is 9.84 Å². The zero-order valence-corrected chi connectivity index (χ0v) is 21.7. The lowest BCUT2D eigenvalue weighted by atomic mass is 9.99. The van der Waals surface area contributed by atoms with E-state index in [0.717, 1.165) is 38.0 Å². The summed E-state index contributed by atoms with van der Waals surface area (Å²) >= 11 is 0. The van der Waals surface area contributed by atoms with Crippen molar-refractivity contribution in [3.63, 3.8) is 0 Å². The molecule has 1 aliphatic rings. The van der Waals surface area contributed by atoms with Gasteiger partial charge in [0, 0.05) is 35.6 Å². The third-order valence-corrected chi connectivity index (χ3v) is 8.16. The molecule has 6 nitrogen and oxygen atoms in total. The number of nitrogens with zero attached hydrogens (tertiary/aromatic N) is 1. The van der Waals surface area contributed by atoms with E-state index in [0.29, 0.717) is 22.4 Å². The monoisotopic (exact) mass is 546 g/mol. The Labute approximate surface area is 220 Å². The molecule has 1 saturated heterocycles. The van der Waals surface area contributed by atoms with Crippen LogP contribution in [0.15, 0.2) is 71.6 Å². The largest absolute Gasteiger partial charge is 0.573 e. The number of carbonyl (C=O) groups is 1. The zero-order valence-electron chi connectivity index (χ0n) is 20.9. The molecule has 0 radical (unpaired) electrons. The number of hydrogen-bond acceptors (Lipinski definition) is 5. The van der Waals surface area contributed by atoms with Crippen molar-refractivity contribution in [1.82, 2.24) is 0 Å². The van der Waals surface area contributed by atoms with Gasteiger partial charge in [0.1, 0.15) is 5.75 Å². The molecule has 1 amide bonds. The number of piperidine rings is 1. The summed E-state index contributed by atoms with van der Waals surface area (Å²) in [4.78, 5) is 15.1. The molecule has 38 heavy (non-hydrogen) atoms. The van der Waals surface area contributed by atoms with Crippen LogP contribution in [0.25, 0.3) is 11.1 Å². The van der Waals surface area contributed by atoms with Crippen molar-refractivity contribution in [2.45, 2.75) is 43.9 Å². The number of sulfone groups is 1. The number of carbonyl (C=O) groups excluding carboxylic acids is 1. The van der Waals surface area contributed by atoms with Gasteiger partial charge < -0.3 is 15.0 Å². The highest BCUT2D eigenvalue weighted by Gasteiger charge is 2.32. The van der Waals surface area contributed by atoms with Gasteiger partial charge in [0.2, 0.25) is 5.91 Å². The van der Waals surface area contributed by atoms with Gasteiger partial charge in [-0.2, -0.15) is 0 Å². The minimum absolute atomic E-state index is 0.00498. The van der Waals surface area contributed by atoms with Crippen LogP contribution in [0, 0.1) is 0 Å².